The molecular weight excluding hydrogens is 350 g/mol. The van der Waals surface area contributed by atoms with E-state index in [1.807, 2.05) is 6.07 Å². The van der Waals surface area contributed by atoms with Gasteiger partial charge in [0.15, 0.2) is 18.1 Å². The molecule has 3 aliphatic rings. The van der Waals surface area contributed by atoms with Crippen LogP contribution in [0.4, 0.5) is 0 Å². The molecule has 3 heterocycles. The molecule has 2 amide bonds. The second-order valence-corrected chi connectivity index (χ2v) is 7.14. The van der Waals surface area contributed by atoms with Gasteiger partial charge in [-0.05, 0) is 44.0 Å². The summed E-state index contributed by atoms with van der Waals surface area (Å²) >= 11 is 0. The van der Waals surface area contributed by atoms with Crippen LogP contribution < -0.4 is 19.5 Å². The Balaban J connectivity index is 1.43. The van der Waals surface area contributed by atoms with E-state index in [2.05, 4.69) is 10.2 Å². The molecule has 0 spiro atoms. The average molecular weight is 375 g/mol. The van der Waals surface area contributed by atoms with Gasteiger partial charge in [-0.15, -0.1) is 0 Å². The third-order valence-electron chi connectivity index (χ3n) is 5.27. The standard InChI is InChI=1S/C19H25N3O5/c1-21-8-4-13-10-14-17(27-12-26-14)18(16(13)19(21)24)25-11-15(23)20-5-9-22-6-2-3-7-22/h10H,2-9,11-12H2,1H3,(H,20,23). The van der Waals surface area contributed by atoms with Crippen LogP contribution in [0.3, 0.4) is 0 Å². The van der Waals surface area contributed by atoms with Crippen molar-refractivity contribution in [2.24, 2.45) is 0 Å². The number of carbonyl (C=O) groups is 2. The van der Waals surface area contributed by atoms with Gasteiger partial charge in [0.05, 0.1) is 5.56 Å². The lowest BCUT2D eigenvalue weighted by Gasteiger charge is -2.27. The van der Waals surface area contributed by atoms with E-state index in [-0.39, 0.29) is 25.2 Å². The zero-order valence-corrected chi connectivity index (χ0v) is 15.6. The molecule has 0 unspecified atom stereocenters. The largest absolute Gasteiger partial charge is 0.479 e. The highest BCUT2D eigenvalue weighted by atomic mass is 16.7. The van der Waals surface area contributed by atoms with Crippen molar-refractivity contribution >= 4 is 11.8 Å². The number of nitrogens with zero attached hydrogens (tertiary/aromatic N) is 2. The van der Waals surface area contributed by atoms with Crippen LogP contribution in [0.1, 0.15) is 28.8 Å². The van der Waals surface area contributed by atoms with Gasteiger partial charge in [-0.2, -0.15) is 0 Å². The maximum Gasteiger partial charge on any atom is 0.257 e. The van der Waals surface area contributed by atoms with Gasteiger partial charge in [-0.25, -0.2) is 0 Å². The number of likely N-dealkylation sites (N-methyl/N-ethyl adjacent to an activating group) is 1. The number of rotatable bonds is 6. The summed E-state index contributed by atoms with van der Waals surface area (Å²) in [5, 5.41) is 2.87. The van der Waals surface area contributed by atoms with Gasteiger partial charge in [-0.3, -0.25) is 9.59 Å². The zero-order valence-electron chi connectivity index (χ0n) is 15.6. The van der Waals surface area contributed by atoms with Crippen molar-refractivity contribution in [1.29, 1.82) is 0 Å². The number of amides is 2. The lowest BCUT2D eigenvalue weighted by Crippen LogP contribution is -2.37. The topological polar surface area (TPSA) is 80.3 Å². The predicted molar refractivity (Wildman–Crippen MR) is 97.4 cm³/mol. The molecule has 0 bridgehead atoms. The molecule has 0 aromatic heterocycles. The van der Waals surface area contributed by atoms with Crippen LogP contribution in [0, 0.1) is 0 Å². The molecule has 146 valence electrons. The predicted octanol–water partition coefficient (Wildman–Crippen LogP) is 0.634. The summed E-state index contributed by atoms with van der Waals surface area (Å²) < 4.78 is 16.7. The molecule has 1 fully saturated rings. The van der Waals surface area contributed by atoms with Gasteiger partial charge < -0.3 is 29.3 Å². The van der Waals surface area contributed by atoms with Crippen molar-refractivity contribution in [3.05, 3.63) is 17.2 Å². The second kappa shape index (κ2) is 7.64. The Kier molecular flexibility index (Phi) is 5.07. The highest BCUT2D eigenvalue weighted by molar-refractivity contribution is 6.01. The van der Waals surface area contributed by atoms with Crippen molar-refractivity contribution in [1.82, 2.24) is 15.1 Å². The number of carbonyl (C=O) groups excluding carboxylic acids is 2. The second-order valence-electron chi connectivity index (χ2n) is 7.14. The molecule has 1 saturated heterocycles. The lowest BCUT2D eigenvalue weighted by atomic mass is 9.97. The number of likely N-dealkylation sites (tertiary alicyclic amines) is 1. The van der Waals surface area contributed by atoms with E-state index in [9.17, 15) is 9.59 Å². The average Bonchev–Trinajstić information content (AvgIpc) is 3.33. The molecule has 0 atom stereocenters. The number of hydrogen-bond donors (Lipinski definition) is 1. The maximum atomic E-state index is 12.6. The number of nitrogens with one attached hydrogen (secondary N) is 1. The maximum absolute atomic E-state index is 12.6. The van der Waals surface area contributed by atoms with E-state index < -0.39 is 0 Å². The molecule has 8 nitrogen and oxygen atoms in total. The van der Waals surface area contributed by atoms with Crippen molar-refractivity contribution < 1.29 is 23.8 Å². The number of ether oxygens (including phenoxy) is 3. The Morgan fingerprint density at radius 3 is 2.89 bits per heavy atom. The van der Waals surface area contributed by atoms with Gasteiger partial charge in [0.25, 0.3) is 11.8 Å². The van der Waals surface area contributed by atoms with E-state index in [4.69, 9.17) is 14.2 Å². The Morgan fingerprint density at radius 1 is 1.26 bits per heavy atom. The van der Waals surface area contributed by atoms with Crippen LogP contribution in [0.15, 0.2) is 6.07 Å². The molecule has 27 heavy (non-hydrogen) atoms. The first kappa shape index (κ1) is 17.9. The van der Waals surface area contributed by atoms with Gasteiger partial charge in [0.2, 0.25) is 12.5 Å². The minimum Gasteiger partial charge on any atom is -0.479 e. The lowest BCUT2D eigenvalue weighted by molar-refractivity contribution is -0.123. The Labute approximate surface area is 158 Å². The van der Waals surface area contributed by atoms with Crippen molar-refractivity contribution in [3.8, 4) is 17.2 Å². The van der Waals surface area contributed by atoms with Crippen molar-refractivity contribution in [2.75, 3.05) is 53.2 Å². The van der Waals surface area contributed by atoms with Crippen LogP contribution in [0.25, 0.3) is 0 Å². The quantitative estimate of drug-likeness (QED) is 0.786. The first-order valence-electron chi connectivity index (χ1n) is 9.46. The van der Waals surface area contributed by atoms with Crippen LogP contribution in [0.2, 0.25) is 0 Å². The molecule has 1 aromatic rings. The Hall–Kier alpha value is -2.48. The molecule has 0 saturated carbocycles. The smallest absolute Gasteiger partial charge is 0.257 e. The van der Waals surface area contributed by atoms with Crippen LogP contribution in [0.5, 0.6) is 17.2 Å². The summed E-state index contributed by atoms with van der Waals surface area (Å²) in [6, 6.07) is 1.84. The first-order chi connectivity index (χ1) is 13.1. The fourth-order valence-corrected chi connectivity index (χ4v) is 3.76. The van der Waals surface area contributed by atoms with Gasteiger partial charge >= 0.3 is 0 Å². The summed E-state index contributed by atoms with van der Waals surface area (Å²) in [6.07, 6.45) is 3.17. The monoisotopic (exact) mass is 375 g/mol. The molecule has 4 rings (SSSR count). The van der Waals surface area contributed by atoms with E-state index in [0.717, 1.165) is 25.2 Å². The summed E-state index contributed by atoms with van der Waals surface area (Å²) in [6.45, 7) is 4.20. The van der Waals surface area contributed by atoms with Gasteiger partial charge in [-0.1, -0.05) is 0 Å². The first-order valence-corrected chi connectivity index (χ1v) is 9.46. The normalized spacial score (nSPS) is 18.6. The van der Waals surface area contributed by atoms with Crippen molar-refractivity contribution in [3.63, 3.8) is 0 Å². The van der Waals surface area contributed by atoms with Crippen LogP contribution >= 0.6 is 0 Å². The third-order valence-corrected chi connectivity index (χ3v) is 5.27. The summed E-state index contributed by atoms with van der Waals surface area (Å²) in [7, 11) is 1.75. The Bertz CT molecular complexity index is 745. The molecule has 1 aromatic carbocycles. The van der Waals surface area contributed by atoms with Crippen LogP contribution in [-0.4, -0.2) is 74.8 Å². The molecule has 8 heteroatoms. The van der Waals surface area contributed by atoms with E-state index in [1.165, 1.54) is 12.8 Å². The third kappa shape index (κ3) is 3.66. The van der Waals surface area contributed by atoms with Gasteiger partial charge in [0, 0.05) is 26.7 Å². The molecule has 1 N–H and O–H groups in total. The van der Waals surface area contributed by atoms with E-state index in [1.54, 1.807) is 11.9 Å². The minimum absolute atomic E-state index is 0.0840. The molecule has 0 radical (unpaired) electrons. The van der Waals surface area contributed by atoms with Crippen molar-refractivity contribution in [2.45, 2.75) is 19.3 Å². The minimum atomic E-state index is -0.212. The molecule has 3 aliphatic heterocycles. The van der Waals surface area contributed by atoms with Crippen LogP contribution in [-0.2, 0) is 11.2 Å². The fourth-order valence-electron chi connectivity index (χ4n) is 3.76. The number of benzene rings is 1. The number of hydrogen-bond acceptors (Lipinski definition) is 6. The molecule has 0 aliphatic carbocycles. The highest BCUT2D eigenvalue weighted by Gasteiger charge is 2.33. The fraction of sp³-hybridized carbons (Fsp3) is 0.579. The highest BCUT2D eigenvalue weighted by Crippen LogP contribution is 2.46. The van der Waals surface area contributed by atoms with E-state index in [0.29, 0.717) is 42.3 Å². The summed E-state index contributed by atoms with van der Waals surface area (Å²) in [4.78, 5) is 28.8. The zero-order chi connectivity index (χ0) is 18.8. The van der Waals surface area contributed by atoms with Gasteiger partial charge in [0.1, 0.15) is 0 Å². The SMILES string of the molecule is CN1CCc2cc3c(c(OCC(=O)NCCN4CCCC4)c2C1=O)OCO3. The summed E-state index contributed by atoms with van der Waals surface area (Å²) in [5.41, 5.74) is 1.34. The Morgan fingerprint density at radius 2 is 2.07 bits per heavy atom. The van der Waals surface area contributed by atoms with E-state index >= 15 is 0 Å². The molecular formula is C19H25N3O5. The number of fused-ring (bicyclic) bond motifs is 2. The summed E-state index contributed by atoms with van der Waals surface area (Å²) in [5.74, 6) is 0.944.